The van der Waals surface area contributed by atoms with Crippen LogP contribution in [0, 0.1) is 0 Å². The van der Waals surface area contributed by atoms with Gasteiger partial charge in [-0.15, -0.1) is 0 Å². The molecule has 23 heavy (non-hydrogen) atoms. The van der Waals surface area contributed by atoms with Crippen LogP contribution in [0.3, 0.4) is 0 Å². The number of carbonyl (C=O) groups is 1. The highest BCUT2D eigenvalue weighted by Gasteiger charge is 2.21. The molecule has 2 aromatic carbocycles. The van der Waals surface area contributed by atoms with Crippen LogP contribution in [-0.2, 0) is 4.79 Å². The molecule has 0 bridgehead atoms. The van der Waals surface area contributed by atoms with E-state index in [-0.39, 0.29) is 0 Å². The predicted molar refractivity (Wildman–Crippen MR) is 90.1 cm³/mol. The van der Waals surface area contributed by atoms with Crippen LogP contribution >= 0.6 is 11.8 Å². The summed E-state index contributed by atoms with van der Waals surface area (Å²) in [5, 5.41) is 9.45. The summed E-state index contributed by atoms with van der Waals surface area (Å²) in [5.74, 6) is -0.297. The van der Waals surface area contributed by atoms with Gasteiger partial charge in [-0.25, -0.2) is 9.97 Å². The summed E-state index contributed by atoms with van der Waals surface area (Å²) in [7, 11) is 0. The molecule has 0 amide bonds. The van der Waals surface area contributed by atoms with Crippen molar-refractivity contribution in [2.24, 2.45) is 0 Å². The van der Waals surface area contributed by atoms with Crippen molar-refractivity contribution in [3.63, 3.8) is 0 Å². The molecular weight excluding hydrogens is 308 g/mol. The largest absolute Gasteiger partial charge is 0.480 e. The van der Waals surface area contributed by atoms with Crippen molar-refractivity contribution in [1.82, 2.24) is 9.97 Å². The summed E-state index contributed by atoms with van der Waals surface area (Å²) >= 11 is 1.21. The Morgan fingerprint density at radius 2 is 1.61 bits per heavy atom. The molecule has 1 aromatic heterocycles. The molecule has 0 aliphatic carbocycles. The third kappa shape index (κ3) is 3.76. The standard InChI is InChI=1S/C18H14N2O2S/c21-18(22)16(13-7-3-1-4-8-13)23-15-11-12-19-17(20-15)14-9-5-2-6-10-14/h1-12,16H,(H,21,22). The molecule has 3 aromatic rings. The number of aromatic nitrogens is 2. The molecule has 0 saturated carbocycles. The molecule has 0 aliphatic heterocycles. The lowest BCUT2D eigenvalue weighted by Crippen LogP contribution is -2.08. The van der Waals surface area contributed by atoms with E-state index in [9.17, 15) is 9.90 Å². The fourth-order valence-electron chi connectivity index (χ4n) is 2.14. The Labute approximate surface area is 138 Å². The van der Waals surface area contributed by atoms with Crippen molar-refractivity contribution < 1.29 is 9.90 Å². The van der Waals surface area contributed by atoms with E-state index in [2.05, 4.69) is 9.97 Å². The number of carboxylic acids is 1. The monoisotopic (exact) mass is 322 g/mol. The summed E-state index contributed by atoms with van der Waals surface area (Å²) in [6, 6.07) is 20.5. The highest BCUT2D eigenvalue weighted by Crippen LogP contribution is 2.34. The zero-order valence-corrected chi connectivity index (χ0v) is 13.0. The van der Waals surface area contributed by atoms with Crippen LogP contribution in [0.1, 0.15) is 10.8 Å². The van der Waals surface area contributed by atoms with Gasteiger partial charge in [-0.2, -0.15) is 0 Å². The van der Waals surface area contributed by atoms with E-state index in [4.69, 9.17) is 0 Å². The first-order chi connectivity index (χ1) is 11.2. The average molecular weight is 322 g/mol. The first kappa shape index (κ1) is 15.2. The maximum atomic E-state index is 11.6. The first-order valence-electron chi connectivity index (χ1n) is 7.07. The zero-order chi connectivity index (χ0) is 16.1. The predicted octanol–water partition coefficient (Wildman–Crippen LogP) is 4.06. The highest BCUT2D eigenvalue weighted by atomic mass is 32.2. The Morgan fingerprint density at radius 3 is 2.26 bits per heavy atom. The molecule has 0 aliphatic rings. The third-order valence-electron chi connectivity index (χ3n) is 3.23. The van der Waals surface area contributed by atoms with Gasteiger partial charge in [0.2, 0.25) is 0 Å². The molecule has 1 N–H and O–H groups in total. The number of hydrogen-bond acceptors (Lipinski definition) is 4. The smallest absolute Gasteiger partial charge is 0.321 e. The van der Waals surface area contributed by atoms with Crippen molar-refractivity contribution >= 4 is 17.7 Å². The van der Waals surface area contributed by atoms with Crippen molar-refractivity contribution in [2.75, 3.05) is 0 Å². The van der Waals surface area contributed by atoms with Gasteiger partial charge in [-0.3, -0.25) is 4.79 Å². The Bertz CT molecular complexity index is 794. The summed E-state index contributed by atoms with van der Waals surface area (Å²) < 4.78 is 0. The molecule has 1 unspecified atom stereocenters. The van der Waals surface area contributed by atoms with Gasteiger partial charge < -0.3 is 5.11 Å². The fraction of sp³-hybridized carbons (Fsp3) is 0.0556. The molecule has 1 heterocycles. The second kappa shape index (κ2) is 7.07. The van der Waals surface area contributed by atoms with Gasteiger partial charge in [0.25, 0.3) is 0 Å². The molecule has 1 atom stereocenters. The van der Waals surface area contributed by atoms with E-state index < -0.39 is 11.2 Å². The van der Waals surface area contributed by atoms with E-state index in [1.54, 1.807) is 12.3 Å². The molecule has 3 rings (SSSR count). The SMILES string of the molecule is O=C(O)C(Sc1ccnc(-c2ccccc2)n1)c1ccccc1. The molecule has 0 saturated heterocycles. The minimum Gasteiger partial charge on any atom is -0.480 e. The second-order valence-electron chi connectivity index (χ2n) is 4.83. The van der Waals surface area contributed by atoms with Gasteiger partial charge in [-0.1, -0.05) is 72.4 Å². The lowest BCUT2D eigenvalue weighted by Gasteiger charge is -2.12. The number of carboxylic acid groups (broad SMARTS) is 1. The summed E-state index contributed by atoms with van der Waals surface area (Å²) in [4.78, 5) is 20.3. The number of thioether (sulfide) groups is 1. The number of nitrogens with zero attached hydrogens (tertiary/aromatic N) is 2. The first-order valence-corrected chi connectivity index (χ1v) is 7.95. The van der Waals surface area contributed by atoms with Gasteiger partial charge in [0.05, 0.1) is 0 Å². The van der Waals surface area contributed by atoms with Crippen LogP contribution in [-0.4, -0.2) is 21.0 Å². The van der Waals surface area contributed by atoms with Crippen molar-refractivity contribution in [3.05, 3.63) is 78.5 Å². The number of aliphatic carboxylic acids is 1. The third-order valence-corrected chi connectivity index (χ3v) is 4.41. The second-order valence-corrected chi connectivity index (χ2v) is 5.96. The van der Waals surface area contributed by atoms with Crippen LogP contribution in [0.25, 0.3) is 11.4 Å². The Morgan fingerprint density at radius 1 is 0.957 bits per heavy atom. The lowest BCUT2D eigenvalue weighted by molar-refractivity contribution is -0.136. The Kier molecular flexibility index (Phi) is 4.68. The summed E-state index contributed by atoms with van der Waals surface area (Å²) in [6.07, 6.45) is 1.65. The van der Waals surface area contributed by atoms with Crippen LogP contribution in [0.4, 0.5) is 0 Å². The van der Waals surface area contributed by atoms with Gasteiger partial charge in [0, 0.05) is 11.8 Å². The normalized spacial score (nSPS) is 11.8. The maximum Gasteiger partial charge on any atom is 0.321 e. The van der Waals surface area contributed by atoms with E-state index in [0.717, 1.165) is 11.1 Å². The minimum absolute atomic E-state index is 0.591. The number of hydrogen-bond donors (Lipinski definition) is 1. The van der Waals surface area contributed by atoms with E-state index in [1.165, 1.54) is 11.8 Å². The number of rotatable bonds is 5. The molecule has 0 spiro atoms. The van der Waals surface area contributed by atoms with Crippen LogP contribution in [0.5, 0.6) is 0 Å². The fourth-order valence-corrected chi connectivity index (χ4v) is 3.06. The topological polar surface area (TPSA) is 63.1 Å². The van der Waals surface area contributed by atoms with Crippen LogP contribution in [0.2, 0.25) is 0 Å². The van der Waals surface area contributed by atoms with Crippen molar-refractivity contribution in [3.8, 4) is 11.4 Å². The highest BCUT2D eigenvalue weighted by molar-refractivity contribution is 8.00. The minimum atomic E-state index is -0.888. The van der Waals surface area contributed by atoms with E-state index >= 15 is 0 Å². The Hall–Kier alpha value is -2.66. The van der Waals surface area contributed by atoms with Crippen molar-refractivity contribution in [2.45, 2.75) is 10.3 Å². The van der Waals surface area contributed by atoms with Gasteiger partial charge >= 0.3 is 5.97 Å². The molecule has 0 radical (unpaired) electrons. The van der Waals surface area contributed by atoms with Crippen LogP contribution < -0.4 is 0 Å². The maximum absolute atomic E-state index is 11.6. The summed E-state index contributed by atoms with van der Waals surface area (Å²) in [5.41, 5.74) is 1.64. The average Bonchev–Trinajstić information content (AvgIpc) is 2.61. The Balaban J connectivity index is 1.88. The van der Waals surface area contributed by atoms with Gasteiger partial charge in [-0.05, 0) is 11.6 Å². The van der Waals surface area contributed by atoms with Gasteiger partial charge in [0.1, 0.15) is 10.3 Å². The van der Waals surface area contributed by atoms with Gasteiger partial charge in [0.15, 0.2) is 5.82 Å². The van der Waals surface area contributed by atoms with Crippen LogP contribution in [0.15, 0.2) is 78.0 Å². The molecule has 0 fully saturated rings. The number of benzene rings is 2. The summed E-state index contributed by atoms with van der Waals surface area (Å²) in [6.45, 7) is 0. The molecular formula is C18H14N2O2S. The molecule has 114 valence electrons. The zero-order valence-electron chi connectivity index (χ0n) is 12.2. The lowest BCUT2D eigenvalue weighted by atomic mass is 10.1. The molecule has 5 heteroatoms. The van der Waals surface area contributed by atoms with E-state index in [1.807, 2.05) is 60.7 Å². The quantitative estimate of drug-likeness (QED) is 0.567. The molecule has 4 nitrogen and oxygen atoms in total. The van der Waals surface area contributed by atoms with Crippen molar-refractivity contribution in [1.29, 1.82) is 0 Å². The van der Waals surface area contributed by atoms with E-state index in [0.29, 0.717) is 10.9 Å².